The van der Waals surface area contributed by atoms with Crippen molar-refractivity contribution in [3.05, 3.63) is 58.1 Å². The van der Waals surface area contributed by atoms with E-state index >= 15 is 0 Å². The largest absolute Gasteiger partial charge is 0.494 e. The minimum Gasteiger partial charge on any atom is -0.494 e. The highest BCUT2D eigenvalue weighted by Gasteiger charge is 2.12. The molecule has 4 rings (SSSR count). The van der Waals surface area contributed by atoms with E-state index in [-0.39, 0.29) is 5.69 Å². The zero-order valence-electron chi connectivity index (χ0n) is 14.2. The number of H-pyrrole nitrogens is 1. The Kier molecular flexibility index (Phi) is 3.80. The van der Waals surface area contributed by atoms with Gasteiger partial charge in [-0.05, 0) is 37.1 Å². The SMILES string of the molecule is CCCOc1cccc(Cn2c(=O)[nH]c3cc4onc(C)c4cc32)c1. The van der Waals surface area contributed by atoms with Gasteiger partial charge in [-0.2, -0.15) is 0 Å². The zero-order chi connectivity index (χ0) is 17.4. The molecule has 0 amide bonds. The van der Waals surface area contributed by atoms with Gasteiger partial charge in [-0.1, -0.05) is 24.2 Å². The van der Waals surface area contributed by atoms with Crippen LogP contribution in [0.1, 0.15) is 24.6 Å². The van der Waals surface area contributed by atoms with Crippen LogP contribution in [-0.2, 0) is 6.54 Å². The van der Waals surface area contributed by atoms with E-state index in [1.807, 2.05) is 43.3 Å². The first-order valence-electron chi connectivity index (χ1n) is 8.36. The van der Waals surface area contributed by atoms with Gasteiger partial charge in [0.1, 0.15) is 5.75 Å². The van der Waals surface area contributed by atoms with Crippen LogP contribution >= 0.6 is 0 Å². The second kappa shape index (κ2) is 6.12. The van der Waals surface area contributed by atoms with E-state index in [0.717, 1.165) is 39.8 Å². The molecule has 6 heteroatoms. The number of benzene rings is 2. The molecule has 2 heterocycles. The number of aromatic nitrogens is 3. The standard InChI is InChI=1S/C19H19N3O3/c1-3-7-24-14-6-4-5-13(8-14)11-22-17-9-15-12(2)21-25-18(15)10-16(17)20-19(22)23/h4-6,8-10H,3,7,11H2,1-2H3,(H,20,23). The molecule has 0 atom stereocenters. The summed E-state index contributed by atoms with van der Waals surface area (Å²) in [5.74, 6) is 0.824. The summed E-state index contributed by atoms with van der Waals surface area (Å²) in [5.41, 5.74) is 3.93. The van der Waals surface area contributed by atoms with Gasteiger partial charge in [0.2, 0.25) is 0 Å². The quantitative estimate of drug-likeness (QED) is 0.604. The van der Waals surface area contributed by atoms with Crippen LogP contribution in [-0.4, -0.2) is 21.3 Å². The number of imidazole rings is 1. The second-order valence-electron chi connectivity index (χ2n) is 6.15. The van der Waals surface area contributed by atoms with E-state index in [4.69, 9.17) is 9.26 Å². The third kappa shape index (κ3) is 2.80. The van der Waals surface area contributed by atoms with Crippen LogP contribution in [0, 0.1) is 6.92 Å². The molecule has 128 valence electrons. The van der Waals surface area contributed by atoms with Crippen molar-refractivity contribution >= 4 is 22.0 Å². The first kappa shape index (κ1) is 15.5. The van der Waals surface area contributed by atoms with Crippen molar-refractivity contribution in [1.82, 2.24) is 14.7 Å². The van der Waals surface area contributed by atoms with Crippen molar-refractivity contribution in [2.75, 3.05) is 6.61 Å². The van der Waals surface area contributed by atoms with Crippen LogP contribution in [0.4, 0.5) is 0 Å². The number of hydrogen-bond acceptors (Lipinski definition) is 4. The van der Waals surface area contributed by atoms with Crippen molar-refractivity contribution in [2.45, 2.75) is 26.8 Å². The minimum atomic E-state index is -0.145. The van der Waals surface area contributed by atoms with Gasteiger partial charge >= 0.3 is 5.69 Å². The van der Waals surface area contributed by atoms with Crippen molar-refractivity contribution in [3.63, 3.8) is 0 Å². The number of nitrogens with one attached hydrogen (secondary N) is 1. The van der Waals surface area contributed by atoms with E-state index in [0.29, 0.717) is 18.7 Å². The maximum Gasteiger partial charge on any atom is 0.326 e. The molecule has 25 heavy (non-hydrogen) atoms. The van der Waals surface area contributed by atoms with E-state index in [2.05, 4.69) is 17.1 Å². The van der Waals surface area contributed by atoms with E-state index in [9.17, 15) is 4.79 Å². The maximum atomic E-state index is 12.4. The molecule has 6 nitrogen and oxygen atoms in total. The summed E-state index contributed by atoms with van der Waals surface area (Å²) in [6, 6.07) is 11.6. The van der Waals surface area contributed by atoms with E-state index in [1.165, 1.54) is 0 Å². The van der Waals surface area contributed by atoms with Gasteiger partial charge in [0, 0.05) is 11.5 Å². The van der Waals surface area contributed by atoms with Crippen molar-refractivity contribution in [1.29, 1.82) is 0 Å². The number of hydrogen-bond donors (Lipinski definition) is 1. The predicted octanol–water partition coefficient (Wildman–Crippen LogP) is 3.62. The molecular weight excluding hydrogens is 318 g/mol. The summed E-state index contributed by atoms with van der Waals surface area (Å²) in [7, 11) is 0. The Morgan fingerprint density at radius 1 is 1.28 bits per heavy atom. The molecule has 0 spiro atoms. The summed E-state index contributed by atoms with van der Waals surface area (Å²) in [6.45, 7) is 5.11. The lowest BCUT2D eigenvalue weighted by Gasteiger charge is -2.08. The third-order valence-electron chi connectivity index (χ3n) is 4.26. The van der Waals surface area contributed by atoms with E-state index < -0.39 is 0 Å². The average molecular weight is 337 g/mol. The monoisotopic (exact) mass is 337 g/mol. The van der Waals surface area contributed by atoms with Crippen LogP contribution in [0.2, 0.25) is 0 Å². The van der Waals surface area contributed by atoms with Crippen LogP contribution in [0.25, 0.3) is 22.0 Å². The van der Waals surface area contributed by atoms with Crippen LogP contribution < -0.4 is 10.4 Å². The summed E-state index contributed by atoms with van der Waals surface area (Å²) < 4.78 is 12.7. The van der Waals surface area contributed by atoms with Crippen molar-refractivity contribution in [2.24, 2.45) is 0 Å². The minimum absolute atomic E-state index is 0.145. The lowest BCUT2D eigenvalue weighted by atomic mass is 10.2. The van der Waals surface area contributed by atoms with Gasteiger partial charge < -0.3 is 14.2 Å². The molecule has 0 aliphatic carbocycles. The smallest absolute Gasteiger partial charge is 0.326 e. The second-order valence-corrected chi connectivity index (χ2v) is 6.15. The molecule has 4 aromatic rings. The fourth-order valence-corrected chi connectivity index (χ4v) is 3.00. The lowest BCUT2D eigenvalue weighted by molar-refractivity contribution is 0.317. The first-order chi connectivity index (χ1) is 12.2. The fourth-order valence-electron chi connectivity index (χ4n) is 3.00. The van der Waals surface area contributed by atoms with Gasteiger partial charge in [0.05, 0.1) is 29.9 Å². The highest BCUT2D eigenvalue weighted by Crippen LogP contribution is 2.24. The molecule has 0 saturated heterocycles. The molecule has 1 N–H and O–H groups in total. The molecule has 0 radical (unpaired) electrons. The maximum absolute atomic E-state index is 12.4. The molecule has 0 saturated carbocycles. The molecule has 0 fully saturated rings. The normalized spacial score (nSPS) is 11.4. The van der Waals surface area contributed by atoms with Crippen LogP contribution in [0.3, 0.4) is 0 Å². The van der Waals surface area contributed by atoms with Gasteiger partial charge in [-0.3, -0.25) is 4.57 Å². The van der Waals surface area contributed by atoms with Crippen molar-refractivity contribution < 1.29 is 9.26 Å². The highest BCUT2D eigenvalue weighted by atomic mass is 16.5. The van der Waals surface area contributed by atoms with Gasteiger partial charge in [0.25, 0.3) is 0 Å². The summed E-state index contributed by atoms with van der Waals surface area (Å²) in [4.78, 5) is 15.3. The molecule has 0 bridgehead atoms. The summed E-state index contributed by atoms with van der Waals surface area (Å²) in [5, 5.41) is 4.90. The topological polar surface area (TPSA) is 73.0 Å². The Bertz CT molecular complexity index is 1100. The zero-order valence-corrected chi connectivity index (χ0v) is 14.2. The summed E-state index contributed by atoms with van der Waals surface area (Å²) in [6.07, 6.45) is 0.959. The molecular formula is C19H19N3O3. The molecule has 2 aromatic heterocycles. The fraction of sp³-hybridized carbons (Fsp3) is 0.263. The van der Waals surface area contributed by atoms with Crippen molar-refractivity contribution in [3.8, 4) is 5.75 Å². The number of rotatable bonds is 5. The Balaban J connectivity index is 1.76. The molecule has 0 unspecified atom stereocenters. The number of fused-ring (bicyclic) bond motifs is 2. The van der Waals surface area contributed by atoms with Gasteiger partial charge in [0.15, 0.2) is 5.58 Å². The van der Waals surface area contributed by atoms with Gasteiger partial charge in [-0.15, -0.1) is 0 Å². The Hall–Kier alpha value is -3.02. The lowest BCUT2D eigenvalue weighted by Crippen LogP contribution is -2.17. The van der Waals surface area contributed by atoms with Gasteiger partial charge in [-0.25, -0.2) is 4.79 Å². The average Bonchev–Trinajstić information content (AvgIpc) is 3.12. The Morgan fingerprint density at radius 3 is 3.00 bits per heavy atom. The number of aromatic amines is 1. The first-order valence-corrected chi connectivity index (χ1v) is 8.36. The molecule has 0 aliphatic heterocycles. The van der Waals surface area contributed by atoms with E-state index in [1.54, 1.807) is 4.57 Å². The number of ether oxygens (including phenoxy) is 1. The predicted molar refractivity (Wildman–Crippen MR) is 96.2 cm³/mol. The Morgan fingerprint density at radius 2 is 2.16 bits per heavy atom. The summed E-state index contributed by atoms with van der Waals surface area (Å²) >= 11 is 0. The number of aryl methyl sites for hydroxylation is 1. The molecule has 2 aromatic carbocycles. The highest BCUT2D eigenvalue weighted by molar-refractivity contribution is 5.93. The third-order valence-corrected chi connectivity index (χ3v) is 4.26. The number of nitrogens with zero attached hydrogens (tertiary/aromatic N) is 2. The van der Waals surface area contributed by atoms with Crippen LogP contribution in [0.5, 0.6) is 5.75 Å². The molecule has 0 aliphatic rings. The Labute approximate surface area is 144 Å². The van der Waals surface area contributed by atoms with Crippen LogP contribution in [0.15, 0.2) is 45.7 Å².